The van der Waals surface area contributed by atoms with Gasteiger partial charge in [-0.25, -0.2) is 0 Å². The minimum absolute atomic E-state index is 0.232. The van der Waals surface area contributed by atoms with Gasteiger partial charge in [-0.1, -0.05) is 6.08 Å². The van der Waals surface area contributed by atoms with Crippen molar-refractivity contribution in [1.82, 2.24) is 0 Å². The molecule has 0 aliphatic heterocycles. The molecule has 2 heteroatoms. The van der Waals surface area contributed by atoms with Crippen LogP contribution in [0.5, 0.6) is 0 Å². The Morgan fingerprint density at radius 3 is 2.60 bits per heavy atom. The molecule has 0 fully saturated rings. The standard InChI is InChI=1S/C8H14O2/c1-7(2)10-5-4-8(3)6-9/h4,6-7H,5H2,1-3H3/b8-4+. The summed E-state index contributed by atoms with van der Waals surface area (Å²) in [5.74, 6) is 0. The van der Waals surface area contributed by atoms with Crippen LogP contribution in [0.25, 0.3) is 0 Å². The summed E-state index contributed by atoms with van der Waals surface area (Å²) in [5.41, 5.74) is 0.723. The topological polar surface area (TPSA) is 26.3 Å². The summed E-state index contributed by atoms with van der Waals surface area (Å²) in [6.45, 7) is 6.22. The minimum Gasteiger partial charge on any atom is -0.375 e. The van der Waals surface area contributed by atoms with E-state index in [9.17, 15) is 4.79 Å². The first-order valence-electron chi connectivity index (χ1n) is 3.40. The maximum atomic E-state index is 10.1. The highest BCUT2D eigenvalue weighted by atomic mass is 16.5. The fraction of sp³-hybridized carbons (Fsp3) is 0.625. The van der Waals surface area contributed by atoms with Crippen molar-refractivity contribution in [2.75, 3.05) is 6.61 Å². The number of aldehydes is 1. The van der Waals surface area contributed by atoms with Gasteiger partial charge in [0.25, 0.3) is 0 Å². The van der Waals surface area contributed by atoms with Crippen LogP contribution in [0.4, 0.5) is 0 Å². The maximum absolute atomic E-state index is 10.1. The average Bonchev–Trinajstić information content (AvgIpc) is 1.87. The third-order valence-corrected chi connectivity index (χ3v) is 1.02. The van der Waals surface area contributed by atoms with E-state index in [2.05, 4.69) is 0 Å². The molecule has 10 heavy (non-hydrogen) atoms. The Kier molecular flexibility index (Phi) is 4.85. The molecule has 58 valence electrons. The summed E-state index contributed by atoms with van der Waals surface area (Å²) >= 11 is 0. The van der Waals surface area contributed by atoms with Crippen molar-refractivity contribution in [3.63, 3.8) is 0 Å². The lowest BCUT2D eigenvalue weighted by Crippen LogP contribution is -2.02. The Morgan fingerprint density at radius 2 is 2.20 bits per heavy atom. The van der Waals surface area contributed by atoms with Crippen molar-refractivity contribution < 1.29 is 9.53 Å². The summed E-state index contributed by atoms with van der Waals surface area (Å²) in [7, 11) is 0. The Balaban J connectivity index is 3.43. The van der Waals surface area contributed by atoms with Gasteiger partial charge >= 0.3 is 0 Å². The van der Waals surface area contributed by atoms with E-state index in [0.29, 0.717) is 6.61 Å². The van der Waals surface area contributed by atoms with Crippen LogP contribution in [-0.2, 0) is 9.53 Å². The van der Waals surface area contributed by atoms with Crippen LogP contribution >= 0.6 is 0 Å². The molecule has 0 radical (unpaired) electrons. The first-order chi connectivity index (χ1) is 4.66. The molecular weight excluding hydrogens is 128 g/mol. The minimum atomic E-state index is 0.232. The predicted octanol–water partition coefficient (Wildman–Crippen LogP) is 1.56. The number of carbonyl (C=O) groups excluding carboxylic acids is 1. The quantitative estimate of drug-likeness (QED) is 0.440. The zero-order chi connectivity index (χ0) is 7.98. The molecule has 0 amide bonds. The molecule has 0 N–H and O–H groups in total. The van der Waals surface area contributed by atoms with E-state index < -0.39 is 0 Å². The van der Waals surface area contributed by atoms with Gasteiger partial charge in [0.1, 0.15) is 6.29 Å². The molecular formula is C8H14O2. The summed E-state index contributed by atoms with van der Waals surface area (Å²) in [4.78, 5) is 10.1. The van der Waals surface area contributed by atoms with Gasteiger partial charge in [-0.15, -0.1) is 0 Å². The lowest BCUT2D eigenvalue weighted by atomic mass is 10.3. The molecule has 0 rings (SSSR count). The van der Waals surface area contributed by atoms with E-state index in [4.69, 9.17) is 4.74 Å². The number of hydrogen-bond acceptors (Lipinski definition) is 2. The Bertz CT molecular complexity index is 125. The molecule has 0 aliphatic rings. The van der Waals surface area contributed by atoms with Crippen molar-refractivity contribution in [3.8, 4) is 0 Å². The fourth-order valence-electron chi connectivity index (χ4n) is 0.420. The summed E-state index contributed by atoms with van der Waals surface area (Å²) in [6.07, 6.45) is 2.83. The highest BCUT2D eigenvalue weighted by Gasteiger charge is 1.89. The van der Waals surface area contributed by atoms with E-state index in [1.54, 1.807) is 13.0 Å². The molecule has 0 spiro atoms. The number of rotatable bonds is 4. The van der Waals surface area contributed by atoms with Crippen LogP contribution in [0, 0.1) is 0 Å². The van der Waals surface area contributed by atoms with Gasteiger partial charge < -0.3 is 4.74 Å². The molecule has 0 bridgehead atoms. The third-order valence-electron chi connectivity index (χ3n) is 1.02. The second-order valence-corrected chi connectivity index (χ2v) is 2.45. The fourth-order valence-corrected chi connectivity index (χ4v) is 0.420. The molecule has 0 atom stereocenters. The van der Waals surface area contributed by atoms with Crippen molar-refractivity contribution in [2.24, 2.45) is 0 Å². The Labute approximate surface area is 61.9 Å². The molecule has 0 saturated heterocycles. The third kappa shape index (κ3) is 5.51. The van der Waals surface area contributed by atoms with Gasteiger partial charge in [0.2, 0.25) is 0 Å². The molecule has 0 aromatic carbocycles. The second-order valence-electron chi connectivity index (χ2n) is 2.45. The number of carbonyl (C=O) groups is 1. The number of hydrogen-bond donors (Lipinski definition) is 0. The van der Waals surface area contributed by atoms with Crippen molar-refractivity contribution >= 4 is 6.29 Å². The first-order valence-corrected chi connectivity index (χ1v) is 3.40. The molecule has 0 unspecified atom stereocenters. The van der Waals surface area contributed by atoms with Crippen LogP contribution in [0.2, 0.25) is 0 Å². The van der Waals surface area contributed by atoms with E-state index in [1.807, 2.05) is 13.8 Å². The molecule has 2 nitrogen and oxygen atoms in total. The van der Waals surface area contributed by atoms with Crippen molar-refractivity contribution in [1.29, 1.82) is 0 Å². The lowest BCUT2D eigenvalue weighted by molar-refractivity contribution is -0.104. The maximum Gasteiger partial charge on any atom is 0.145 e. The molecule has 0 aliphatic carbocycles. The summed E-state index contributed by atoms with van der Waals surface area (Å²) in [5, 5.41) is 0. The van der Waals surface area contributed by atoms with E-state index in [1.165, 1.54) is 0 Å². The zero-order valence-electron chi connectivity index (χ0n) is 6.76. The Morgan fingerprint density at radius 1 is 1.60 bits per heavy atom. The molecule has 0 aromatic rings. The van der Waals surface area contributed by atoms with Crippen molar-refractivity contribution in [2.45, 2.75) is 26.9 Å². The van der Waals surface area contributed by atoms with Gasteiger partial charge in [-0.05, 0) is 26.3 Å². The summed E-state index contributed by atoms with van der Waals surface area (Å²) in [6, 6.07) is 0. The lowest BCUT2D eigenvalue weighted by Gasteiger charge is -2.02. The Hall–Kier alpha value is -0.630. The van der Waals surface area contributed by atoms with Gasteiger partial charge in [0.15, 0.2) is 0 Å². The van der Waals surface area contributed by atoms with Gasteiger partial charge in [0, 0.05) is 0 Å². The zero-order valence-corrected chi connectivity index (χ0v) is 6.76. The summed E-state index contributed by atoms with van der Waals surface area (Å²) < 4.78 is 5.18. The van der Waals surface area contributed by atoms with Crippen LogP contribution in [-0.4, -0.2) is 19.0 Å². The average molecular weight is 142 g/mol. The van der Waals surface area contributed by atoms with E-state index in [-0.39, 0.29) is 6.10 Å². The van der Waals surface area contributed by atoms with Crippen LogP contribution in [0.15, 0.2) is 11.6 Å². The largest absolute Gasteiger partial charge is 0.375 e. The first kappa shape index (κ1) is 9.37. The van der Waals surface area contributed by atoms with Gasteiger partial charge in [-0.2, -0.15) is 0 Å². The van der Waals surface area contributed by atoms with Crippen LogP contribution in [0.1, 0.15) is 20.8 Å². The van der Waals surface area contributed by atoms with E-state index >= 15 is 0 Å². The smallest absolute Gasteiger partial charge is 0.145 e. The molecule has 0 saturated carbocycles. The SMILES string of the molecule is C/C(C=O)=C\COC(C)C. The highest BCUT2D eigenvalue weighted by molar-refractivity contribution is 5.71. The second kappa shape index (κ2) is 5.18. The van der Waals surface area contributed by atoms with Crippen LogP contribution < -0.4 is 0 Å². The van der Waals surface area contributed by atoms with Crippen molar-refractivity contribution in [3.05, 3.63) is 11.6 Å². The van der Waals surface area contributed by atoms with E-state index in [0.717, 1.165) is 11.9 Å². The predicted molar refractivity (Wildman–Crippen MR) is 40.9 cm³/mol. The highest BCUT2D eigenvalue weighted by Crippen LogP contribution is 1.90. The molecule has 0 aromatic heterocycles. The number of ether oxygens (including phenoxy) is 1. The normalized spacial score (nSPS) is 12.2. The monoisotopic (exact) mass is 142 g/mol. The van der Waals surface area contributed by atoms with Crippen LogP contribution in [0.3, 0.4) is 0 Å². The van der Waals surface area contributed by atoms with Gasteiger partial charge in [-0.3, -0.25) is 4.79 Å². The van der Waals surface area contributed by atoms with Gasteiger partial charge in [0.05, 0.1) is 12.7 Å². The number of allylic oxidation sites excluding steroid dienone is 1. The molecule has 0 heterocycles.